The molecule has 0 aliphatic rings. The summed E-state index contributed by atoms with van der Waals surface area (Å²) in [6.07, 6.45) is -0.945. The van der Waals surface area contributed by atoms with E-state index in [1.54, 1.807) is 42.5 Å². The molecule has 0 aliphatic carbocycles. The highest BCUT2D eigenvalue weighted by molar-refractivity contribution is 9.10. The smallest absolute Gasteiger partial charge is 0.340 e. The molecule has 2 rings (SSSR count). The molecule has 0 heterocycles. The van der Waals surface area contributed by atoms with Crippen LogP contribution in [0, 0.1) is 0 Å². The number of halogens is 1. The monoisotopic (exact) mass is 391 g/mol. The van der Waals surface area contributed by atoms with Gasteiger partial charge in [-0.05, 0) is 54.0 Å². The molecule has 1 N–H and O–H groups in total. The summed E-state index contributed by atoms with van der Waals surface area (Å²) in [4.78, 5) is 24.4. The van der Waals surface area contributed by atoms with Crippen molar-refractivity contribution in [3.8, 4) is 5.75 Å². The number of rotatable bonds is 6. The zero-order valence-corrected chi connectivity index (χ0v) is 15.0. The minimum atomic E-state index is -0.945. The molecule has 2 aromatic carbocycles. The van der Waals surface area contributed by atoms with Gasteiger partial charge in [-0.15, -0.1) is 0 Å². The fourth-order valence-corrected chi connectivity index (χ4v) is 2.44. The van der Waals surface area contributed by atoms with E-state index in [0.717, 1.165) is 0 Å². The molecule has 2 aromatic rings. The molecule has 0 fully saturated rings. The van der Waals surface area contributed by atoms with Gasteiger partial charge >= 0.3 is 5.97 Å². The van der Waals surface area contributed by atoms with Crippen LogP contribution in [-0.4, -0.2) is 24.6 Å². The van der Waals surface area contributed by atoms with Crippen LogP contribution in [0.15, 0.2) is 53.0 Å². The van der Waals surface area contributed by atoms with Crippen LogP contribution in [0.1, 0.15) is 24.2 Å². The second kappa shape index (κ2) is 8.49. The third kappa shape index (κ3) is 4.58. The molecule has 24 heavy (non-hydrogen) atoms. The van der Waals surface area contributed by atoms with Crippen LogP contribution in [0.25, 0.3) is 0 Å². The van der Waals surface area contributed by atoms with E-state index in [2.05, 4.69) is 21.2 Å². The van der Waals surface area contributed by atoms with Crippen LogP contribution in [0.3, 0.4) is 0 Å². The highest BCUT2D eigenvalue weighted by Crippen LogP contribution is 2.24. The minimum Gasteiger partial charge on any atom is -0.492 e. The Balaban J connectivity index is 2.03. The van der Waals surface area contributed by atoms with Crippen molar-refractivity contribution in [3.05, 3.63) is 58.6 Å². The van der Waals surface area contributed by atoms with Gasteiger partial charge in [-0.3, -0.25) is 4.79 Å². The molecule has 126 valence electrons. The molecule has 1 amide bonds. The van der Waals surface area contributed by atoms with Crippen LogP contribution in [0.2, 0.25) is 0 Å². The number of benzene rings is 2. The van der Waals surface area contributed by atoms with Gasteiger partial charge in [0.2, 0.25) is 0 Å². The molecule has 0 bridgehead atoms. The van der Waals surface area contributed by atoms with Gasteiger partial charge < -0.3 is 14.8 Å². The van der Waals surface area contributed by atoms with Gasteiger partial charge in [0.05, 0.1) is 17.9 Å². The Morgan fingerprint density at radius 3 is 2.50 bits per heavy atom. The van der Waals surface area contributed by atoms with Gasteiger partial charge in [-0.2, -0.15) is 0 Å². The number of ether oxygens (including phenoxy) is 2. The standard InChI is InChI=1S/C18H18BrNO4/c1-3-23-16-11-7-6-10-15(16)20-17(21)12(2)24-18(22)13-8-4-5-9-14(13)19/h4-12H,3H2,1-2H3,(H,20,21)/t12-/m0/s1. The minimum absolute atomic E-state index is 0.367. The topological polar surface area (TPSA) is 64.6 Å². The molecular weight excluding hydrogens is 374 g/mol. The molecule has 0 saturated heterocycles. The van der Waals surface area contributed by atoms with Crippen LogP contribution in [-0.2, 0) is 9.53 Å². The second-order valence-corrected chi connectivity index (χ2v) is 5.80. The van der Waals surface area contributed by atoms with Crippen molar-refractivity contribution in [3.63, 3.8) is 0 Å². The predicted molar refractivity (Wildman–Crippen MR) is 95.3 cm³/mol. The molecule has 0 aromatic heterocycles. The molecule has 0 spiro atoms. The molecule has 0 saturated carbocycles. The number of amides is 1. The van der Waals surface area contributed by atoms with Crippen molar-refractivity contribution in [2.45, 2.75) is 20.0 Å². The maximum absolute atomic E-state index is 12.3. The van der Waals surface area contributed by atoms with Gasteiger partial charge in [0.25, 0.3) is 5.91 Å². The van der Waals surface area contributed by atoms with Gasteiger partial charge in [-0.25, -0.2) is 4.79 Å². The Morgan fingerprint density at radius 1 is 1.12 bits per heavy atom. The summed E-state index contributed by atoms with van der Waals surface area (Å²) >= 11 is 3.29. The first-order valence-electron chi connectivity index (χ1n) is 7.51. The lowest BCUT2D eigenvalue weighted by atomic mass is 10.2. The Bertz CT molecular complexity index is 732. The van der Waals surface area contributed by atoms with E-state index in [1.165, 1.54) is 6.92 Å². The van der Waals surface area contributed by atoms with Crippen LogP contribution in [0.4, 0.5) is 5.69 Å². The van der Waals surface area contributed by atoms with E-state index in [1.807, 2.05) is 13.0 Å². The van der Waals surface area contributed by atoms with Gasteiger partial charge in [0.15, 0.2) is 6.10 Å². The molecule has 1 atom stereocenters. The third-order valence-corrected chi connectivity index (χ3v) is 3.88. The van der Waals surface area contributed by atoms with Gasteiger partial charge in [0.1, 0.15) is 5.75 Å². The van der Waals surface area contributed by atoms with Gasteiger partial charge in [-0.1, -0.05) is 24.3 Å². The van der Waals surface area contributed by atoms with Crippen molar-refractivity contribution in [2.75, 3.05) is 11.9 Å². The predicted octanol–water partition coefficient (Wildman–Crippen LogP) is 4.03. The van der Waals surface area contributed by atoms with E-state index in [4.69, 9.17) is 9.47 Å². The zero-order chi connectivity index (χ0) is 17.5. The van der Waals surface area contributed by atoms with Crippen molar-refractivity contribution in [1.29, 1.82) is 0 Å². The Hall–Kier alpha value is -2.34. The van der Waals surface area contributed by atoms with E-state index < -0.39 is 18.0 Å². The van der Waals surface area contributed by atoms with Crippen molar-refractivity contribution >= 4 is 33.5 Å². The largest absolute Gasteiger partial charge is 0.492 e. The summed E-state index contributed by atoms with van der Waals surface area (Å²) in [5.41, 5.74) is 0.903. The third-order valence-electron chi connectivity index (χ3n) is 3.19. The number of anilines is 1. The Labute approximate surface area is 149 Å². The van der Waals surface area contributed by atoms with Crippen LogP contribution >= 0.6 is 15.9 Å². The number of carbonyl (C=O) groups is 2. The first-order valence-corrected chi connectivity index (χ1v) is 8.30. The molecule has 5 nitrogen and oxygen atoms in total. The number of hydrogen-bond acceptors (Lipinski definition) is 4. The number of nitrogens with one attached hydrogen (secondary N) is 1. The number of para-hydroxylation sites is 2. The fourth-order valence-electron chi connectivity index (χ4n) is 1.99. The van der Waals surface area contributed by atoms with E-state index in [9.17, 15) is 9.59 Å². The van der Waals surface area contributed by atoms with E-state index >= 15 is 0 Å². The molecule has 0 unspecified atom stereocenters. The lowest BCUT2D eigenvalue weighted by Crippen LogP contribution is -2.30. The van der Waals surface area contributed by atoms with E-state index in [0.29, 0.717) is 28.1 Å². The average molecular weight is 392 g/mol. The van der Waals surface area contributed by atoms with Crippen molar-refractivity contribution < 1.29 is 19.1 Å². The maximum Gasteiger partial charge on any atom is 0.340 e. The first kappa shape index (κ1) is 18.0. The van der Waals surface area contributed by atoms with Gasteiger partial charge in [0, 0.05) is 4.47 Å². The second-order valence-electron chi connectivity index (χ2n) is 4.95. The lowest BCUT2D eigenvalue weighted by Gasteiger charge is -2.16. The summed E-state index contributed by atoms with van der Waals surface area (Å²) in [7, 11) is 0. The summed E-state index contributed by atoms with van der Waals surface area (Å²) < 4.78 is 11.3. The highest BCUT2D eigenvalue weighted by Gasteiger charge is 2.21. The van der Waals surface area contributed by atoms with Crippen LogP contribution < -0.4 is 10.1 Å². The number of carbonyl (C=O) groups excluding carboxylic acids is 2. The maximum atomic E-state index is 12.3. The lowest BCUT2D eigenvalue weighted by molar-refractivity contribution is -0.123. The molecule has 0 aliphatic heterocycles. The number of esters is 1. The first-order chi connectivity index (χ1) is 11.5. The molecule has 0 radical (unpaired) electrons. The zero-order valence-electron chi connectivity index (χ0n) is 13.4. The Kier molecular flexibility index (Phi) is 6.37. The summed E-state index contributed by atoms with van der Waals surface area (Å²) in [6, 6.07) is 14.0. The van der Waals surface area contributed by atoms with Crippen molar-refractivity contribution in [1.82, 2.24) is 0 Å². The van der Waals surface area contributed by atoms with Crippen molar-refractivity contribution in [2.24, 2.45) is 0 Å². The number of hydrogen-bond donors (Lipinski definition) is 1. The quantitative estimate of drug-likeness (QED) is 0.754. The Morgan fingerprint density at radius 2 is 1.79 bits per heavy atom. The molecule has 6 heteroatoms. The summed E-state index contributed by atoms with van der Waals surface area (Å²) in [5.74, 6) is -0.427. The SMILES string of the molecule is CCOc1ccccc1NC(=O)[C@H](C)OC(=O)c1ccccc1Br. The highest BCUT2D eigenvalue weighted by atomic mass is 79.9. The summed E-state index contributed by atoms with van der Waals surface area (Å²) in [5, 5.41) is 2.71. The van der Waals surface area contributed by atoms with Crippen LogP contribution in [0.5, 0.6) is 5.75 Å². The normalized spacial score (nSPS) is 11.5. The summed E-state index contributed by atoms with van der Waals surface area (Å²) in [6.45, 7) is 3.87. The average Bonchev–Trinajstić information content (AvgIpc) is 2.57. The fraction of sp³-hybridized carbons (Fsp3) is 0.222. The van der Waals surface area contributed by atoms with E-state index in [-0.39, 0.29) is 0 Å². The molecular formula is C18H18BrNO4.